The Morgan fingerprint density at radius 3 is 1.50 bits per heavy atom. The molecule has 0 aliphatic carbocycles. The Bertz CT molecular complexity index is 3520. The van der Waals surface area contributed by atoms with Crippen molar-refractivity contribution in [2.75, 3.05) is 0 Å². The van der Waals surface area contributed by atoms with Crippen molar-refractivity contribution >= 4 is 68.0 Å². The van der Waals surface area contributed by atoms with Crippen LogP contribution in [-0.4, -0.2) is 31.4 Å². The van der Waals surface area contributed by atoms with Crippen LogP contribution in [-0.2, 0) is 0 Å². The van der Waals surface area contributed by atoms with Crippen LogP contribution in [0.3, 0.4) is 0 Å². The lowest BCUT2D eigenvalue weighted by Gasteiger charge is -2.20. The molecule has 0 atom stereocenters. The van der Waals surface area contributed by atoms with Crippen molar-refractivity contribution in [3.63, 3.8) is 0 Å². The van der Waals surface area contributed by atoms with Crippen LogP contribution in [0.15, 0.2) is 187 Å². The van der Waals surface area contributed by atoms with Gasteiger partial charge in [0.15, 0.2) is 11.4 Å². The van der Waals surface area contributed by atoms with Gasteiger partial charge < -0.3 is 13.6 Å². The summed E-state index contributed by atoms with van der Waals surface area (Å²) in [6, 6.07) is 64.1. The number of allylic oxidation sites excluding steroid dienone is 2. The molecule has 3 aromatic heterocycles. The fourth-order valence-corrected chi connectivity index (χ4v) is 10.5. The van der Waals surface area contributed by atoms with Crippen LogP contribution in [0.2, 0.25) is 0 Å². The van der Waals surface area contributed by atoms with Crippen LogP contribution in [0.4, 0.5) is 0 Å². The summed E-state index contributed by atoms with van der Waals surface area (Å²) in [7, 11) is 2.34. The van der Waals surface area contributed by atoms with Crippen molar-refractivity contribution in [1.29, 1.82) is 0 Å². The highest BCUT2D eigenvalue weighted by Gasteiger charge is 2.44. The number of para-hydroxylation sites is 4. The molecule has 0 unspecified atom stereocenters. The van der Waals surface area contributed by atoms with Crippen molar-refractivity contribution in [3.05, 3.63) is 215 Å². The number of aromatic nitrogens is 3. The Kier molecular flexibility index (Phi) is 7.55. The molecule has 4 nitrogen and oxygen atoms in total. The van der Waals surface area contributed by atoms with Crippen molar-refractivity contribution in [3.8, 4) is 22.5 Å². The van der Waals surface area contributed by atoms with Gasteiger partial charge in [-0.15, -0.1) is 0 Å². The first-order chi connectivity index (χ1) is 29.5. The van der Waals surface area contributed by atoms with E-state index >= 15 is 0 Å². The number of fused-ring (bicyclic) bond motifs is 8. The van der Waals surface area contributed by atoms with E-state index in [1.807, 2.05) is 0 Å². The Morgan fingerprint density at radius 2 is 0.917 bits per heavy atom. The molecule has 7 aromatic carbocycles. The molecular weight excluding hydrogens is 727 g/mol. The SMILES string of the molecule is CC1=C(c2ccc3c(c2)c2ccccc2n3-c2ccccc2)C(C)=[N+]2[B]n3c(C)c(-c4ccc5c(c4)c4ccccc4n5-c4ccccc4)c(C)c3C(c3ccccc3)=C12. The molecule has 283 valence electrons. The van der Waals surface area contributed by atoms with Crippen LogP contribution in [0, 0.1) is 13.8 Å². The van der Waals surface area contributed by atoms with E-state index in [9.17, 15) is 0 Å². The second kappa shape index (κ2) is 13.1. The lowest BCUT2D eigenvalue weighted by Crippen LogP contribution is -2.32. The molecule has 5 heterocycles. The summed E-state index contributed by atoms with van der Waals surface area (Å²) >= 11 is 0. The average Bonchev–Trinajstić information content (AvgIpc) is 3.97. The van der Waals surface area contributed by atoms with Crippen molar-refractivity contribution < 1.29 is 4.49 Å². The largest absolute Gasteiger partial charge is 0.700 e. The molecule has 0 N–H and O–H groups in total. The van der Waals surface area contributed by atoms with Gasteiger partial charge in [-0.25, -0.2) is 0 Å². The van der Waals surface area contributed by atoms with E-state index in [-0.39, 0.29) is 0 Å². The molecule has 0 amide bonds. The average molecular weight is 769 g/mol. The Labute approximate surface area is 350 Å². The first kappa shape index (κ1) is 34.7. The predicted molar refractivity (Wildman–Crippen MR) is 252 cm³/mol. The Morgan fingerprint density at radius 1 is 0.433 bits per heavy atom. The van der Waals surface area contributed by atoms with E-state index in [2.05, 4.69) is 229 Å². The summed E-state index contributed by atoms with van der Waals surface area (Å²) in [6.07, 6.45) is 0. The summed E-state index contributed by atoms with van der Waals surface area (Å²) in [5.41, 5.74) is 22.3. The maximum atomic E-state index is 2.45. The predicted octanol–water partition coefficient (Wildman–Crippen LogP) is 13.1. The van der Waals surface area contributed by atoms with Crippen molar-refractivity contribution in [2.45, 2.75) is 27.7 Å². The van der Waals surface area contributed by atoms with Gasteiger partial charge in [0.2, 0.25) is 0 Å². The molecule has 12 rings (SSSR count). The van der Waals surface area contributed by atoms with E-state index in [4.69, 9.17) is 0 Å². The van der Waals surface area contributed by atoms with Gasteiger partial charge in [0, 0.05) is 56.7 Å². The van der Waals surface area contributed by atoms with Crippen LogP contribution in [0.1, 0.15) is 41.9 Å². The van der Waals surface area contributed by atoms with Gasteiger partial charge in [0.1, 0.15) is 0 Å². The van der Waals surface area contributed by atoms with Gasteiger partial charge >= 0.3 is 7.55 Å². The lowest BCUT2D eigenvalue weighted by molar-refractivity contribution is -0.315. The second-order valence-corrected chi connectivity index (χ2v) is 16.3. The van der Waals surface area contributed by atoms with E-state index in [1.165, 1.54) is 122 Å². The van der Waals surface area contributed by atoms with Gasteiger partial charge in [-0.2, -0.15) is 0 Å². The van der Waals surface area contributed by atoms with Crippen LogP contribution < -0.4 is 0 Å². The molecule has 0 saturated heterocycles. The molecule has 0 spiro atoms. The van der Waals surface area contributed by atoms with E-state index < -0.39 is 0 Å². The molecule has 10 aromatic rings. The second-order valence-electron chi connectivity index (χ2n) is 16.3. The molecule has 5 heteroatoms. The van der Waals surface area contributed by atoms with Gasteiger partial charge in [-0.05, 0) is 104 Å². The first-order valence-electron chi connectivity index (χ1n) is 20.9. The van der Waals surface area contributed by atoms with E-state index in [1.54, 1.807) is 0 Å². The number of rotatable bonds is 5. The smallest absolute Gasteiger partial charge is 0.321 e. The van der Waals surface area contributed by atoms with Crippen LogP contribution in [0.5, 0.6) is 0 Å². The van der Waals surface area contributed by atoms with E-state index in [0.717, 1.165) is 0 Å². The van der Waals surface area contributed by atoms with E-state index in [0.29, 0.717) is 0 Å². The third kappa shape index (κ3) is 4.83. The zero-order chi connectivity index (χ0) is 40.2. The summed E-state index contributed by atoms with van der Waals surface area (Å²) in [5, 5.41) is 5.05. The highest BCUT2D eigenvalue weighted by Crippen LogP contribution is 2.47. The third-order valence-electron chi connectivity index (χ3n) is 13.1. The number of benzene rings is 7. The lowest BCUT2D eigenvalue weighted by atomic mass is 9.88. The highest BCUT2D eigenvalue weighted by molar-refractivity contribution is 6.35. The molecule has 0 fully saturated rings. The summed E-state index contributed by atoms with van der Waals surface area (Å²) in [4.78, 5) is 0. The minimum atomic E-state index is 1.17. The maximum Gasteiger partial charge on any atom is 0.700 e. The topological polar surface area (TPSA) is 17.8 Å². The standard InChI is InChI=1S/C55H41BN4/c1-34-51(39-28-30-49-45(32-39)43-24-14-16-26-47(43)57(49)41-20-10-6-11-21-41)36(3)59-54(34)53(38-18-8-5-9-19-38)55-35(2)52(37(4)60(55)56-59)40-29-31-50-46(33-40)44-25-15-17-27-48(44)58(50)42-22-12-7-13-23-42/h5-33H,1-4H3/q+1. The molecule has 2 aliphatic rings. The molecule has 60 heavy (non-hydrogen) atoms. The third-order valence-corrected chi connectivity index (χ3v) is 13.1. The summed E-state index contributed by atoms with van der Waals surface area (Å²) in [6.45, 7) is 9.22. The summed E-state index contributed by atoms with van der Waals surface area (Å²) < 4.78 is 9.68. The van der Waals surface area contributed by atoms with Gasteiger partial charge in [0.25, 0.3) is 0 Å². The minimum Gasteiger partial charge on any atom is -0.321 e. The molecule has 2 aliphatic heterocycles. The van der Waals surface area contributed by atoms with Crippen LogP contribution in [0.25, 0.3) is 77.3 Å². The van der Waals surface area contributed by atoms with Crippen molar-refractivity contribution in [1.82, 2.24) is 13.6 Å². The maximum absolute atomic E-state index is 2.45. The number of hydrogen-bond donors (Lipinski definition) is 0. The molecular formula is C55H41BN4+. The quantitative estimate of drug-likeness (QED) is 0.155. The minimum absolute atomic E-state index is 1.17. The zero-order valence-electron chi connectivity index (χ0n) is 34.1. The van der Waals surface area contributed by atoms with Crippen LogP contribution >= 0.6 is 0 Å². The molecule has 0 saturated carbocycles. The normalized spacial score (nSPS) is 13.9. The Balaban J connectivity index is 1.06. The Hall–Kier alpha value is -7.37. The number of hydrogen-bond acceptors (Lipinski definition) is 0. The monoisotopic (exact) mass is 768 g/mol. The number of nitrogens with zero attached hydrogens (tertiary/aromatic N) is 4. The van der Waals surface area contributed by atoms with Crippen molar-refractivity contribution in [2.24, 2.45) is 0 Å². The fraction of sp³-hybridized carbons (Fsp3) is 0.0727. The fourth-order valence-electron chi connectivity index (χ4n) is 10.5. The molecule has 1 radical (unpaired) electrons. The van der Waals surface area contributed by atoms with Gasteiger partial charge in [-0.1, -0.05) is 115 Å². The van der Waals surface area contributed by atoms with Gasteiger partial charge in [-0.3, -0.25) is 4.49 Å². The zero-order valence-corrected chi connectivity index (χ0v) is 34.1. The molecule has 0 bridgehead atoms. The first-order valence-corrected chi connectivity index (χ1v) is 20.9. The highest BCUT2D eigenvalue weighted by atomic mass is 15.1. The summed E-state index contributed by atoms with van der Waals surface area (Å²) in [5.74, 6) is 0. The van der Waals surface area contributed by atoms with Gasteiger partial charge in [0.05, 0.1) is 38.9 Å².